The zero-order valence-electron chi connectivity index (χ0n) is 24.1. The van der Waals surface area contributed by atoms with Gasteiger partial charge in [-0.15, -0.1) is 0 Å². The number of hydrogen-bond donors (Lipinski definition) is 4. The number of anilines is 2. The predicted octanol–water partition coefficient (Wildman–Crippen LogP) is 3.71. The Morgan fingerprint density at radius 2 is 0.976 bits per heavy atom. The SMILES string of the molecule is C.CNCCOC(C)=O.CNc1ccc(COC(=O)NCCOC(C)=O)cc1.CNc1ccc(COC(C)=O)cc1. The Kier molecular flexibility index (Phi) is 23.4. The van der Waals surface area contributed by atoms with E-state index in [1.54, 1.807) is 0 Å². The van der Waals surface area contributed by atoms with Gasteiger partial charge in [-0.05, 0) is 42.4 Å². The summed E-state index contributed by atoms with van der Waals surface area (Å²) in [4.78, 5) is 42.4. The summed E-state index contributed by atoms with van der Waals surface area (Å²) in [6, 6.07) is 15.3. The second-order valence-corrected chi connectivity index (χ2v) is 7.96. The monoisotopic (exact) mass is 578 g/mol. The van der Waals surface area contributed by atoms with Crippen molar-refractivity contribution in [2.75, 3.05) is 58.1 Å². The Morgan fingerprint density at radius 3 is 1.34 bits per heavy atom. The molecule has 0 aliphatic carbocycles. The molecule has 0 atom stereocenters. The molecule has 1 amide bonds. The van der Waals surface area contributed by atoms with Gasteiger partial charge in [-0.25, -0.2) is 4.79 Å². The molecule has 0 radical (unpaired) electrons. The van der Waals surface area contributed by atoms with Gasteiger partial charge >= 0.3 is 24.0 Å². The van der Waals surface area contributed by atoms with Gasteiger partial charge in [0, 0.05) is 52.8 Å². The highest BCUT2D eigenvalue weighted by atomic mass is 16.6. The quantitative estimate of drug-likeness (QED) is 0.166. The van der Waals surface area contributed by atoms with E-state index in [9.17, 15) is 19.2 Å². The number of amides is 1. The molecule has 0 aliphatic heterocycles. The van der Waals surface area contributed by atoms with Crippen LogP contribution in [0.4, 0.5) is 16.2 Å². The van der Waals surface area contributed by atoms with Gasteiger partial charge in [-0.2, -0.15) is 0 Å². The van der Waals surface area contributed by atoms with Gasteiger partial charge in [0.2, 0.25) is 0 Å². The summed E-state index contributed by atoms with van der Waals surface area (Å²) in [7, 11) is 5.51. The maximum atomic E-state index is 11.3. The summed E-state index contributed by atoms with van der Waals surface area (Å²) in [6.07, 6.45) is -0.537. The number of likely N-dealkylation sites (N-methyl/N-ethyl adjacent to an activating group) is 1. The highest BCUT2D eigenvalue weighted by Gasteiger charge is 2.03. The maximum absolute atomic E-state index is 11.3. The first-order chi connectivity index (χ1) is 19.1. The molecule has 2 rings (SSSR count). The third-order valence-electron chi connectivity index (χ3n) is 4.63. The standard InChI is InChI=1S/C13H18N2O4.C10H13NO2.C5H11NO2.CH4/c1-10(16)18-8-7-15-13(17)19-9-11-3-5-12(14-2)6-4-11;1-8(12)13-7-9-3-5-10(11-2)6-4-9;1-5(7)8-4-3-6-2;/h3-6,14H,7-9H2,1-2H3,(H,15,17);3-6,11H,7H2,1-2H3;6H,3-4H2,1-2H3;1H4. The Morgan fingerprint density at radius 1 is 0.585 bits per heavy atom. The number of hydrogen-bond acceptors (Lipinski definition) is 11. The van der Waals surface area contributed by atoms with E-state index in [4.69, 9.17) is 9.47 Å². The molecule has 0 aliphatic rings. The molecule has 12 nitrogen and oxygen atoms in total. The summed E-state index contributed by atoms with van der Waals surface area (Å²) >= 11 is 0. The van der Waals surface area contributed by atoms with Gasteiger partial charge in [0.15, 0.2) is 0 Å². The molecule has 0 unspecified atom stereocenters. The van der Waals surface area contributed by atoms with E-state index in [1.165, 1.54) is 20.8 Å². The molecule has 0 saturated heterocycles. The molecular formula is C29H46N4O8. The van der Waals surface area contributed by atoms with Crippen LogP contribution in [0.15, 0.2) is 48.5 Å². The minimum Gasteiger partial charge on any atom is -0.465 e. The van der Waals surface area contributed by atoms with Crippen molar-refractivity contribution >= 4 is 35.4 Å². The lowest BCUT2D eigenvalue weighted by Gasteiger charge is -2.07. The smallest absolute Gasteiger partial charge is 0.407 e. The van der Waals surface area contributed by atoms with E-state index < -0.39 is 6.09 Å². The first kappa shape index (κ1) is 38.8. The van der Waals surface area contributed by atoms with Crippen LogP contribution in [0.1, 0.15) is 39.3 Å². The van der Waals surface area contributed by atoms with Crippen LogP contribution >= 0.6 is 0 Å². The van der Waals surface area contributed by atoms with E-state index in [0.717, 1.165) is 29.0 Å². The first-order valence-electron chi connectivity index (χ1n) is 12.6. The molecule has 2 aromatic carbocycles. The minimum absolute atomic E-state index is 0. The summed E-state index contributed by atoms with van der Waals surface area (Å²) in [5, 5.41) is 11.3. The molecule has 2 aromatic rings. The van der Waals surface area contributed by atoms with Crippen LogP contribution in [0.25, 0.3) is 0 Å². The normalized spacial score (nSPS) is 9.12. The van der Waals surface area contributed by atoms with Crippen molar-refractivity contribution in [3.63, 3.8) is 0 Å². The summed E-state index contributed by atoms with van der Waals surface area (Å²) in [5.41, 5.74) is 3.93. The van der Waals surface area contributed by atoms with Crippen LogP contribution in [0.5, 0.6) is 0 Å². The third kappa shape index (κ3) is 23.3. The average Bonchev–Trinajstić information content (AvgIpc) is 2.94. The highest BCUT2D eigenvalue weighted by Crippen LogP contribution is 2.10. The number of esters is 3. The third-order valence-corrected chi connectivity index (χ3v) is 4.63. The van der Waals surface area contributed by atoms with E-state index in [0.29, 0.717) is 13.2 Å². The molecule has 12 heteroatoms. The lowest BCUT2D eigenvalue weighted by molar-refractivity contribution is -0.142. The zero-order valence-corrected chi connectivity index (χ0v) is 24.1. The van der Waals surface area contributed by atoms with Crippen molar-refractivity contribution in [2.24, 2.45) is 0 Å². The molecule has 230 valence electrons. The van der Waals surface area contributed by atoms with Crippen molar-refractivity contribution in [1.82, 2.24) is 10.6 Å². The maximum Gasteiger partial charge on any atom is 0.407 e. The molecule has 41 heavy (non-hydrogen) atoms. The molecule has 4 N–H and O–H groups in total. The largest absolute Gasteiger partial charge is 0.465 e. The zero-order chi connectivity index (χ0) is 30.2. The molecule has 0 saturated carbocycles. The van der Waals surface area contributed by atoms with Crippen molar-refractivity contribution in [3.8, 4) is 0 Å². The molecular weight excluding hydrogens is 532 g/mol. The summed E-state index contributed by atoms with van der Waals surface area (Å²) in [6.45, 7) is 6.22. The lowest BCUT2D eigenvalue weighted by atomic mass is 10.2. The van der Waals surface area contributed by atoms with Crippen molar-refractivity contribution < 1.29 is 38.1 Å². The molecule has 0 fully saturated rings. The predicted molar refractivity (Wildman–Crippen MR) is 160 cm³/mol. The molecule has 0 bridgehead atoms. The van der Waals surface area contributed by atoms with Gasteiger partial charge in [0.05, 0.1) is 6.54 Å². The lowest BCUT2D eigenvalue weighted by Crippen LogP contribution is -2.28. The summed E-state index contributed by atoms with van der Waals surface area (Å²) < 4.78 is 19.1. The fourth-order valence-corrected chi connectivity index (χ4v) is 2.56. The highest BCUT2D eigenvalue weighted by molar-refractivity contribution is 5.68. The van der Waals surface area contributed by atoms with Crippen LogP contribution in [-0.2, 0) is 46.5 Å². The Hall–Kier alpha value is -4.32. The van der Waals surface area contributed by atoms with Crippen LogP contribution in [0.2, 0.25) is 0 Å². The second kappa shape index (κ2) is 24.7. The van der Waals surface area contributed by atoms with Crippen molar-refractivity contribution in [1.29, 1.82) is 0 Å². The van der Waals surface area contributed by atoms with Gasteiger partial charge in [0.25, 0.3) is 0 Å². The second-order valence-electron chi connectivity index (χ2n) is 7.96. The number of nitrogens with one attached hydrogen (secondary N) is 4. The Labute approximate surface area is 243 Å². The van der Waals surface area contributed by atoms with E-state index in [2.05, 4.69) is 30.7 Å². The fraction of sp³-hybridized carbons (Fsp3) is 0.448. The van der Waals surface area contributed by atoms with E-state index in [-0.39, 0.29) is 45.1 Å². The minimum atomic E-state index is -0.537. The van der Waals surface area contributed by atoms with E-state index >= 15 is 0 Å². The van der Waals surface area contributed by atoms with E-state index in [1.807, 2.05) is 69.7 Å². The number of rotatable bonds is 12. The van der Waals surface area contributed by atoms with Gasteiger partial charge in [0.1, 0.15) is 26.4 Å². The number of carbonyl (C=O) groups excluding carboxylic acids is 4. The number of alkyl carbamates (subject to hydrolysis) is 1. The number of carbonyl (C=O) groups is 4. The Bertz CT molecular complexity index is 999. The summed E-state index contributed by atoms with van der Waals surface area (Å²) in [5.74, 6) is -0.849. The topological polar surface area (TPSA) is 153 Å². The fourth-order valence-electron chi connectivity index (χ4n) is 2.56. The molecule has 0 heterocycles. The number of ether oxygens (including phenoxy) is 4. The van der Waals surface area contributed by atoms with Crippen LogP contribution in [0, 0.1) is 0 Å². The number of benzene rings is 2. The molecule has 0 spiro atoms. The van der Waals surface area contributed by atoms with Crippen molar-refractivity contribution in [2.45, 2.75) is 41.4 Å². The van der Waals surface area contributed by atoms with Gasteiger partial charge < -0.3 is 40.2 Å². The molecule has 0 aromatic heterocycles. The average molecular weight is 579 g/mol. The van der Waals surface area contributed by atoms with Crippen LogP contribution < -0.4 is 21.3 Å². The first-order valence-corrected chi connectivity index (χ1v) is 12.6. The van der Waals surface area contributed by atoms with Gasteiger partial charge in [-0.1, -0.05) is 31.7 Å². The van der Waals surface area contributed by atoms with Crippen LogP contribution in [0.3, 0.4) is 0 Å². The Balaban J connectivity index is 0. The van der Waals surface area contributed by atoms with Crippen LogP contribution in [-0.4, -0.2) is 71.4 Å². The van der Waals surface area contributed by atoms with Crippen molar-refractivity contribution in [3.05, 3.63) is 59.7 Å². The van der Waals surface area contributed by atoms with Gasteiger partial charge in [-0.3, -0.25) is 14.4 Å².